The minimum absolute atomic E-state index is 0.117. The lowest BCUT2D eigenvalue weighted by Crippen LogP contribution is -2.46. The Bertz CT molecular complexity index is 285. The van der Waals surface area contributed by atoms with Gasteiger partial charge in [0.15, 0.2) is 0 Å². The monoisotopic (exact) mass is 222 g/mol. The predicted octanol–water partition coefficient (Wildman–Crippen LogP) is 2.72. The van der Waals surface area contributed by atoms with E-state index in [9.17, 15) is 4.79 Å². The van der Waals surface area contributed by atoms with Gasteiger partial charge in [-0.2, -0.15) is 5.26 Å². The van der Waals surface area contributed by atoms with E-state index in [2.05, 4.69) is 13.0 Å². The molecule has 1 fully saturated rings. The topological polar surface area (TPSA) is 44.1 Å². The summed E-state index contributed by atoms with van der Waals surface area (Å²) in [7, 11) is 0. The molecule has 0 bridgehead atoms. The van der Waals surface area contributed by atoms with Gasteiger partial charge in [-0.1, -0.05) is 26.2 Å². The summed E-state index contributed by atoms with van der Waals surface area (Å²) in [6.07, 6.45) is 5.46. The van der Waals surface area contributed by atoms with Crippen molar-refractivity contribution in [2.45, 2.75) is 58.9 Å². The van der Waals surface area contributed by atoms with E-state index in [-0.39, 0.29) is 23.9 Å². The lowest BCUT2D eigenvalue weighted by molar-refractivity contribution is -0.144. The molecule has 0 N–H and O–H groups in total. The molecule has 0 unspecified atom stereocenters. The molecule has 1 aliphatic rings. The van der Waals surface area contributed by atoms with E-state index >= 15 is 0 Å². The van der Waals surface area contributed by atoms with Crippen LogP contribution in [0.25, 0.3) is 0 Å². The van der Waals surface area contributed by atoms with Crippen molar-refractivity contribution in [2.24, 2.45) is 5.41 Å². The minimum Gasteiger partial charge on any atom is -0.326 e. The molecular weight excluding hydrogens is 200 g/mol. The first-order chi connectivity index (χ1) is 7.51. The third-order valence-corrected chi connectivity index (χ3v) is 3.60. The van der Waals surface area contributed by atoms with Crippen LogP contribution in [0.2, 0.25) is 0 Å². The Hall–Kier alpha value is -1.04. The van der Waals surface area contributed by atoms with Crippen LogP contribution >= 0.6 is 0 Å². The van der Waals surface area contributed by atoms with Gasteiger partial charge in [-0.05, 0) is 26.7 Å². The molecule has 16 heavy (non-hydrogen) atoms. The Labute approximate surface area is 98.4 Å². The van der Waals surface area contributed by atoms with Gasteiger partial charge in [-0.25, -0.2) is 0 Å². The minimum atomic E-state index is -0.223. The molecule has 0 atom stereocenters. The first kappa shape index (κ1) is 13.0. The fourth-order valence-corrected chi connectivity index (χ4v) is 2.46. The summed E-state index contributed by atoms with van der Waals surface area (Å²) in [6, 6.07) is 2.21. The summed E-state index contributed by atoms with van der Waals surface area (Å²) in [5.41, 5.74) is -0.223. The number of rotatable bonds is 3. The van der Waals surface area contributed by atoms with Gasteiger partial charge >= 0.3 is 0 Å². The zero-order valence-corrected chi connectivity index (χ0v) is 10.6. The van der Waals surface area contributed by atoms with Crippen LogP contribution in [0.3, 0.4) is 0 Å². The molecule has 0 heterocycles. The maximum Gasteiger partial charge on any atom is 0.229 e. The number of carbonyl (C=O) groups is 1. The van der Waals surface area contributed by atoms with Crippen LogP contribution in [0.5, 0.6) is 0 Å². The normalized spacial score (nSPS) is 19.2. The first-order valence-corrected chi connectivity index (χ1v) is 6.19. The number of hydrogen-bond donors (Lipinski definition) is 0. The molecule has 0 aromatic carbocycles. The summed E-state index contributed by atoms with van der Waals surface area (Å²) in [4.78, 5) is 14.1. The highest BCUT2D eigenvalue weighted by Crippen LogP contribution is 2.37. The van der Waals surface area contributed by atoms with Crippen LogP contribution in [0.4, 0.5) is 0 Å². The van der Waals surface area contributed by atoms with Crippen LogP contribution in [-0.4, -0.2) is 23.4 Å². The second-order valence-corrected chi connectivity index (χ2v) is 5.31. The van der Waals surface area contributed by atoms with Gasteiger partial charge in [0.25, 0.3) is 0 Å². The standard InChI is InChI=1S/C13H22N2O/c1-11(2)15(10-9-14)12(16)13(3)7-5-4-6-8-13/h11H,4-8,10H2,1-3H3. The fourth-order valence-electron chi connectivity index (χ4n) is 2.46. The zero-order valence-electron chi connectivity index (χ0n) is 10.6. The number of nitriles is 1. The molecule has 1 rings (SSSR count). The van der Waals surface area contributed by atoms with Crippen LogP contribution in [0, 0.1) is 16.7 Å². The summed E-state index contributed by atoms with van der Waals surface area (Å²) in [5, 5.41) is 8.77. The smallest absolute Gasteiger partial charge is 0.229 e. The van der Waals surface area contributed by atoms with Crippen LogP contribution in [0.15, 0.2) is 0 Å². The fraction of sp³-hybridized carbons (Fsp3) is 0.846. The van der Waals surface area contributed by atoms with Crippen LogP contribution < -0.4 is 0 Å². The quantitative estimate of drug-likeness (QED) is 0.689. The van der Waals surface area contributed by atoms with Gasteiger partial charge in [0.2, 0.25) is 5.91 Å². The van der Waals surface area contributed by atoms with Gasteiger partial charge in [0.1, 0.15) is 6.54 Å². The molecule has 3 heteroatoms. The molecular formula is C13H22N2O. The maximum absolute atomic E-state index is 12.4. The number of nitrogens with zero attached hydrogens (tertiary/aromatic N) is 2. The average molecular weight is 222 g/mol. The Morgan fingerprint density at radius 2 is 1.94 bits per heavy atom. The van der Waals surface area contributed by atoms with Crippen molar-refractivity contribution in [3.05, 3.63) is 0 Å². The Balaban J connectivity index is 2.76. The van der Waals surface area contributed by atoms with E-state index in [4.69, 9.17) is 5.26 Å². The van der Waals surface area contributed by atoms with E-state index in [0.717, 1.165) is 25.7 Å². The van der Waals surface area contributed by atoms with Crippen molar-refractivity contribution in [1.29, 1.82) is 5.26 Å². The van der Waals surface area contributed by atoms with Gasteiger partial charge in [0.05, 0.1) is 6.07 Å². The third-order valence-electron chi connectivity index (χ3n) is 3.60. The van der Waals surface area contributed by atoms with E-state index in [1.807, 2.05) is 13.8 Å². The third kappa shape index (κ3) is 2.75. The van der Waals surface area contributed by atoms with E-state index in [0.29, 0.717) is 0 Å². The number of hydrogen-bond acceptors (Lipinski definition) is 2. The summed E-state index contributed by atoms with van der Waals surface area (Å²) in [6.45, 7) is 6.22. The van der Waals surface area contributed by atoms with Gasteiger partial charge < -0.3 is 4.90 Å². The maximum atomic E-state index is 12.4. The number of carbonyl (C=O) groups excluding carboxylic acids is 1. The molecule has 0 aromatic heterocycles. The van der Waals surface area contributed by atoms with Crippen molar-refractivity contribution in [1.82, 2.24) is 4.90 Å². The van der Waals surface area contributed by atoms with E-state index in [1.165, 1.54) is 6.42 Å². The highest BCUT2D eigenvalue weighted by molar-refractivity contribution is 5.82. The van der Waals surface area contributed by atoms with Crippen LogP contribution in [0.1, 0.15) is 52.9 Å². The summed E-state index contributed by atoms with van der Waals surface area (Å²) >= 11 is 0. The molecule has 0 saturated heterocycles. The molecule has 1 saturated carbocycles. The van der Waals surface area contributed by atoms with Crippen molar-refractivity contribution < 1.29 is 4.79 Å². The van der Waals surface area contributed by atoms with E-state index < -0.39 is 0 Å². The van der Waals surface area contributed by atoms with E-state index in [1.54, 1.807) is 4.90 Å². The predicted molar refractivity (Wildman–Crippen MR) is 63.7 cm³/mol. The molecule has 1 amide bonds. The molecule has 0 aromatic rings. The molecule has 0 radical (unpaired) electrons. The molecule has 0 aliphatic heterocycles. The Morgan fingerprint density at radius 1 is 1.38 bits per heavy atom. The second kappa shape index (κ2) is 5.34. The van der Waals surface area contributed by atoms with Crippen molar-refractivity contribution >= 4 is 5.91 Å². The molecule has 90 valence electrons. The highest BCUT2D eigenvalue weighted by atomic mass is 16.2. The largest absolute Gasteiger partial charge is 0.326 e. The second-order valence-electron chi connectivity index (χ2n) is 5.31. The molecule has 3 nitrogen and oxygen atoms in total. The average Bonchev–Trinajstić information content (AvgIpc) is 2.25. The van der Waals surface area contributed by atoms with Crippen molar-refractivity contribution in [2.75, 3.05) is 6.54 Å². The first-order valence-electron chi connectivity index (χ1n) is 6.19. The lowest BCUT2D eigenvalue weighted by Gasteiger charge is -2.38. The Kier molecular flexibility index (Phi) is 4.35. The molecule has 1 aliphatic carbocycles. The van der Waals surface area contributed by atoms with Crippen LogP contribution in [-0.2, 0) is 4.79 Å². The van der Waals surface area contributed by atoms with Gasteiger partial charge in [-0.15, -0.1) is 0 Å². The summed E-state index contributed by atoms with van der Waals surface area (Å²) < 4.78 is 0. The van der Waals surface area contributed by atoms with Crippen molar-refractivity contribution in [3.63, 3.8) is 0 Å². The lowest BCUT2D eigenvalue weighted by atomic mass is 9.74. The Morgan fingerprint density at radius 3 is 2.38 bits per heavy atom. The van der Waals surface area contributed by atoms with Crippen molar-refractivity contribution in [3.8, 4) is 6.07 Å². The molecule has 0 spiro atoms. The number of amides is 1. The van der Waals surface area contributed by atoms with Gasteiger partial charge in [0, 0.05) is 11.5 Å². The van der Waals surface area contributed by atoms with Gasteiger partial charge in [-0.3, -0.25) is 4.79 Å². The zero-order chi connectivity index (χ0) is 12.2. The SMILES string of the molecule is CC(C)N(CC#N)C(=O)C1(C)CCCCC1. The summed E-state index contributed by atoms with van der Waals surface area (Å²) in [5.74, 6) is 0.170. The highest BCUT2D eigenvalue weighted by Gasteiger charge is 2.38.